The quantitative estimate of drug-likeness (QED) is 0.405. The van der Waals surface area contributed by atoms with Gasteiger partial charge < -0.3 is 5.11 Å². The fraction of sp³-hybridized carbons (Fsp3) is 0.931. The second-order valence-electron chi connectivity index (χ2n) is 14.0. The van der Waals surface area contributed by atoms with Crippen LogP contribution in [0.3, 0.4) is 0 Å². The third-order valence-corrected chi connectivity index (χ3v) is 12.6. The molecule has 0 aromatic heterocycles. The van der Waals surface area contributed by atoms with E-state index < -0.39 is 0 Å². The summed E-state index contributed by atoms with van der Waals surface area (Å²) in [5.74, 6) is 4.88. The standard InChI is InChI=1S/C29H48O/c1-18-12-14-27(5)16-17-28(6)20-10-11-23-26(3,4)24(30)13-15-29(23,7)21(20)8-9-22(28)25(27)19(18)2/h9,18-21,23-25,30H,8,10-17H2,1-7H3/t18-,19+,20-,21+,23+,24+,25+,27-,28+,29-/m1/s1. The second kappa shape index (κ2) is 6.61. The number of hydrogen-bond acceptors (Lipinski definition) is 1. The van der Waals surface area contributed by atoms with E-state index in [1.807, 2.05) is 5.57 Å². The Morgan fingerprint density at radius 3 is 2.30 bits per heavy atom. The fourth-order valence-electron chi connectivity index (χ4n) is 10.4. The summed E-state index contributed by atoms with van der Waals surface area (Å²) in [6, 6.07) is 0. The molecular formula is C29H48O. The Morgan fingerprint density at radius 1 is 0.833 bits per heavy atom. The molecule has 30 heavy (non-hydrogen) atoms. The molecule has 0 aliphatic heterocycles. The summed E-state index contributed by atoms with van der Waals surface area (Å²) in [7, 11) is 0. The van der Waals surface area contributed by atoms with Crippen LogP contribution in [0, 0.1) is 57.2 Å². The molecule has 1 nitrogen and oxygen atoms in total. The topological polar surface area (TPSA) is 20.2 Å². The van der Waals surface area contributed by atoms with Crippen molar-refractivity contribution < 1.29 is 5.11 Å². The molecule has 0 spiro atoms. The van der Waals surface area contributed by atoms with Gasteiger partial charge in [-0.3, -0.25) is 0 Å². The van der Waals surface area contributed by atoms with Gasteiger partial charge in [-0.05, 0) is 115 Å². The van der Waals surface area contributed by atoms with Crippen LogP contribution >= 0.6 is 0 Å². The van der Waals surface area contributed by atoms with Gasteiger partial charge in [-0.15, -0.1) is 0 Å². The molecule has 0 radical (unpaired) electrons. The van der Waals surface area contributed by atoms with Crippen molar-refractivity contribution in [2.24, 2.45) is 57.2 Å². The molecule has 0 saturated heterocycles. The highest BCUT2D eigenvalue weighted by atomic mass is 16.3. The molecule has 4 fully saturated rings. The minimum Gasteiger partial charge on any atom is -0.393 e. The summed E-state index contributed by atoms with van der Waals surface area (Å²) in [6.07, 6.45) is 14.7. The van der Waals surface area contributed by atoms with Crippen LogP contribution in [0.1, 0.15) is 106 Å². The van der Waals surface area contributed by atoms with Gasteiger partial charge in [0.25, 0.3) is 0 Å². The second-order valence-corrected chi connectivity index (χ2v) is 14.0. The van der Waals surface area contributed by atoms with Crippen molar-refractivity contribution in [3.8, 4) is 0 Å². The van der Waals surface area contributed by atoms with Crippen LogP contribution in [0.25, 0.3) is 0 Å². The van der Waals surface area contributed by atoms with Crippen molar-refractivity contribution in [2.75, 3.05) is 0 Å². The summed E-state index contributed by atoms with van der Waals surface area (Å²) < 4.78 is 0. The minimum absolute atomic E-state index is 0.0708. The average molecular weight is 413 g/mol. The molecule has 4 saturated carbocycles. The molecule has 0 bridgehead atoms. The molecule has 1 heteroatoms. The van der Waals surface area contributed by atoms with Crippen molar-refractivity contribution in [2.45, 2.75) is 112 Å². The van der Waals surface area contributed by atoms with Crippen LogP contribution in [-0.2, 0) is 0 Å². The molecule has 5 rings (SSSR count). The first-order valence-corrected chi connectivity index (χ1v) is 13.3. The first-order chi connectivity index (χ1) is 13.9. The van der Waals surface area contributed by atoms with E-state index >= 15 is 0 Å². The molecule has 0 unspecified atom stereocenters. The number of aliphatic hydroxyl groups is 1. The zero-order chi connectivity index (χ0) is 21.7. The van der Waals surface area contributed by atoms with Crippen LogP contribution in [0.2, 0.25) is 0 Å². The Balaban J connectivity index is 1.54. The average Bonchev–Trinajstić information content (AvgIpc) is 2.69. The minimum atomic E-state index is -0.114. The highest BCUT2D eigenvalue weighted by molar-refractivity contribution is 5.31. The molecule has 0 aromatic carbocycles. The molecule has 0 aromatic rings. The van der Waals surface area contributed by atoms with Gasteiger partial charge in [0, 0.05) is 0 Å². The van der Waals surface area contributed by atoms with E-state index in [2.05, 4.69) is 54.5 Å². The lowest BCUT2D eigenvalue weighted by Crippen LogP contribution is -2.60. The lowest BCUT2D eigenvalue weighted by molar-refractivity contribution is -0.171. The SMILES string of the molecule is C[C@H]1[C@H](C)CC[C@]2(C)CC[C@]3(C)C(=CC[C@H]4[C@H]3CC[C@H]3C(C)(C)[C@@H](O)CC[C@]43C)[C@H]12. The number of rotatable bonds is 0. The van der Waals surface area contributed by atoms with E-state index in [-0.39, 0.29) is 11.5 Å². The maximum Gasteiger partial charge on any atom is 0.0594 e. The summed E-state index contributed by atoms with van der Waals surface area (Å²) in [4.78, 5) is 0. The van der Waals surface area contributed by atoms with Gasteiger partial charge in [-0.25, -0.2) is 0 Å². The van der Waals surface area contributed by atoms with Crippen molar-refractivity contribution in [1.82, 2.24) is 0 Å². The van der Waals surface area contributed by atoms with Crippen LogP contribution in [0.5, 0.6) is 0 Å². The predicted molar refractivity (Wildman–Crippen MR) is 126 cm³/mol. The number of hydrogen-bond donors (Lipinski definition) is 1. The molecule has 5 aliphatic carbocycles. The highest BCUT2D eigenvalue weighted by Crippen LogP contribution is 2.71. The van der Waals surface area contributed by atoms with Gasteiger partial charge in [-0.2, -0.15) is 0 Å². The monoisotopic (exact) mass is 412 g/mol. The maximum absolute atomic E-state index is 10.8. The summed E-state index contributed by atoms with van der Waals surface area (Å²) in [5, 5.41) is 10.8. The number of fused-ring (bicyclic) bond motifs is 7. The van der Waals surface area contributed by atoms with Gasteiger partial charge in [0.1, 0.15) is 0 Å². The Hall–Kier alpha value is -0.300. The maximum atomic E-state index is 10.8. The van der Waals surface area contributed by atoms with Crippen LogP contribution in [-0.4, -0.2) is 11.2 Å². The van der Waals surface area contributed by atoms with Gasteiger partial charge >= 0.3 is 0 Å². The van der Waals surface area contributed by atoms with E-state index in [4.69, 9.17) is 0 Å². The Bertz CT molecular complexity index is 735. The zero-order valence-electron chi connectivity index (χ0n) is 20.9. The molecule has 0 heterocycles. The van der Waals surface area contributed by atoms with Gasteiger partial charge in [0.15, 0.2) is 0 Å². The van der Waals surface area contributed by atoms with Crippen molar-refractivity contribution >= 4 is 0 Å². The summed E-state index contributed by atoms with van der Waals surface area (Å²) >= 11 is 0. The van der Waals surface area contributed by atoms with Crippen molar-refractivity contribution in [1.29, 1.82) is 0 Å². The van der Waals surface area contributed by atoms with Gasteiger partial charge in [0.05, 0.1) is 6.10 Å². The number of allylic oxidation sites excluding steroid dienone is 2. The van der Waals surface area contributed by atoms with Crippen LogP contribution in [0.15, 0.2) is 11.6 Å². The smallest absolute Gasteiger partial charge is 0.0594 e. The largest absolute Gasteiger partial charge is 0.393 e. The Labute approximate surface area is 186 Å². The molecule has 170 valence electrons. The normalized spacial score (nSPS) is 57.3. The summed E-state index contributed by atoms with van der Waals surface area (Å²) in [5.41, 5.74) is 3.34. The van der Waals surface area contributed by atoms with E-state index in [1.54, 1.807) is 0 Å². The molecule has 5 aliphatic rings. The third kappa shape index (κ3) is 2.63. The summed E-state index contributed by atoms with van der Waals surface area (Å²) in [6.45, 7) is 17.8. The van der Waals surface area contributed by atoms with Gasteiger partial charge in [-0.1, -0.05) is 60.1 Å². The lowest BCUT2D eigenvalue weighted by Gasteiger charge is -2.67. The van der Waals surface area contributed by atoms with E-state index in [1.165, 1.54) is 51.4 Å². The van der Waals surface area contributed by atoms with Crippen molar-refractivity contribution in [3.05, 3.63) is 11.6 Å². The van der Waals surface area contributed by atoms with Crippen LogP contribution in [0.4, 0.5) is 0 Å². The first kappa shape index (κ1) is 21.5. The third-order valence-electron chi connectivity index (χ3n) is 12.6. The number of aliphatic hydroxyl groups excluding tert-OH is 1. The van der Waals surface area contributed by atoms with Gasteiger partial charge in [0.2, 0.25) is 0 Å². The van der Waals surface area contributed by atoms with E-state index in [0.717, 1.165) is 36.0 Å². The van der Waals surface area contributed by atoms with Crippen molar-refractivity contribution in [3.63, 3.8) is 0 Å². The van der Waals surface area contributed by atoms with E-state index in [0.29, 0.717) is 22.2 Å². The van der Waals surface area contributed by atoms with E-state index in [9.17, 15) is 5.11 Å². The molecule has 1 N–H and O–H groups in total. The molecular weight excluding hydrogens is 364 g/mol. The Kier molecular flexibility index (Phi) is 4.75. The fourth-order valence-corrected chi connectivity index (χ4v) is 10.4. The highest BCUT2D eigenvalue weighted by Gasteiger charge is 2.63. The predicted octanol–water partition coefficient (Wildman–Crippen LogP) is 7.63. The molecule has 0 amide bonds. The van der Waals surface area contributed by atoms with Crippen LogP contribution < -0.4 is 0 Å². The molecule has 10 atom stereocenters. The lowest BCUT2D eigenvalue weighted by atomic mass is 9.38. The first-order valence-electron chi connectivity index (χ1n) is 13.3. The Morgan fingerprint density at radius 2 is 1.57 bits per heavy atom. The zero-order valence-corrected chi connectivity index (χ0v) is 20.9.